The normalized spacial score (nSPS) is 10.6. The minimum absolute atomic E-state index is 0.120. The lowest BCUT2D eigenvalue weighted by molar-refractivity contribution is -0.113. The maximum Gasteiger partial charge on any atom is 0.338 e. The summed E-state index contributed by atoms with van der Waals surface area (Å²) in [5.41, 5.74) is 4.32. The van der Waals surface area contributed by atoms with Gasteiger partial charge in [0.15, 0.2) is 4.34 Å². The van der Waals surface area contributed by atoms with Crippen LogP contribution in [0, 0.1) is 6.92 Å². The molecule has 2 aromatic carbocycles. The van der Waals surface area contributed by atoms with Gasteiger partial charge < -0.3 is 10.1 Å². The van der Waals surface area contributed by atoms with Gasteiger partial charge in [-0.1, -0.05) is 54.9 Å². The van der Waals surface area contributed by atoms with Crippen molar-refractivity contribution in [1.82, 2.24) is 4.98 Å². The van der Waals surface area contributed by atoms with Gasteiger partial charge in [0.2, 0.25) is 5.91 Å². The highest BCUT2D eigenvalue weighted by atomic mass is 32.2. The fourth-order valence-corrected chi connectivity index (χ4v) is 4.22. The van der Waals surface area contributed by atoms with E-state index in [4.69, 9.17) is 4.74 Å². The first-order valence-electron chi connectivity index (χ1n) is 9.77. The summed E-state index contributed by atoms with van der Waals surface area (Å²) in [5, 5.41) is 4.84. The van der Waals surface area contributed by atoms with Gasteiger partial charge in [-0.15, -0.1) is 11.3 Å². The van der Waals surface area contributed by atoms with Crippen LogP contribution in [0.25, 0.3) is 11.3 Å². The molecule has 0 saturated heterocycles. The molecule has 0 fully saturated rings. The van der Waals surface area contributed by atoms with E-state index in [0.29, 0.717) is 17.9 Å². The summed E-state index contributed by atoms with van der Waals surface area (Å²) >= 11 is 2.94. The highest BCUT2D eigenvalue weighted by Gasteiger charge is 2.10. The molecule has 0 aliphatic heterocycles. The Bertz CT molecular complexity index is 982. The largest absolute Gasteiger partial charge is 0.462 e. The molecule has 1 amide bonds. The second-order valence-electron chi connectivity index (χ2n) is 6.77. The van der Waals surface area contributed by atoms with E-state index in [9.17, 15) is 9.59 Å². The van der Waals surface area contributed by atoms with Gasteiger partial charge in [0.25, 0.3) is 0 Å². The van der Waals surface area contributed by atoms with Crippen LogP contribution in [0.4, 0.5) is 5.69 Å². The highest BCUT2D eigenvalue weighted by molar-refractivity contribution is 8.01. The van der Waals surface area contributed by atoms with E-state index < -0.39 is 0 Å². The molecular weight excluding hydrogens is 416 g/mol. The molecule has 0 aliphatic rings. The predicted molar refractivity (Wildman–Crippen MR) is 123 cm³/mol. The quantitative estimate of drug-likeness (QED) is 0.258. The van der Waals surface area contributed by atoms with Crippen molar-refractivity contribution in [2.24, 2.45) is 0 Å². The summed E-state index contributed by atoms with van der Waals surface area (Å²) in [6.45, 7) is 4.52. The predicted octanol–water partition coefficient (Wildman–Crippen LogP) is 5.81. The van der Waals surface area contributed by atoms with Gasteiger partial charge in [0, 0.05) is 16.6 Å². The van der Waals surface area contributed by atoms with Gasteiger partial charge in [-0.3, -0.25) is 4.79 Å². The van der Waals surface area contributed by atoms with Crippen LogP contribution in [0.1, 0.15) is 35.7 Å². The molecule has 156 valence electrons. The number of carbonyl (C=O) groups excluding carboxylic acids is 2. The van der Waals surface area contributed by atoms with E-state index in [1.807, 2.05) is 12.3 Å². The Morgan fingerprint density at radius 2 is 1.83 bits per heavy atom. The average molecular weight is 441 g/mol. The van der Waals surface area contributed by atoms with E-state index in [1.54, 1.807) is 24.3 Å². The van der Waals surface area contributed by atoms with E-state index in [0.717, 1.165) is 28.4 Å². The van der Waals surface area contributed by atoms with Gasteiger partial charge in [0.05, 0.1) is 23.6 Å². The van der Waals surface area contributed by atoms with Crippen LogP contribution in [0.5, 0.6) is 0 Å². The maximum atomic E-state index is 12.2. The number of aromatic nitrogens is 1. The van der Waals surface area contributed by atoms with Crippen molar-refractivity contribution >= 4 is 40.7 Å². The molecule has 3 aromatic rings. The van der Waals surface area contributed by atoms with Crippen LogP contribution in [-0.2, 0) is 9.53 Å². The number of ether oxygens (including phenoxy) is 1. The zero-order valence-electron chi connectivity index (χ0n) is 17.0. The Labute approximate surface area is 184 Å². The molecule has 5 nitrogen and oxygen atoms in total. The minimum atomic E-state index is -0.343. The Hall–Kier alpha value is -2.64. The number of hydrogen-bond donors (Lipinski definition) is 1. The SMILES string of the molecule is CCCCOC(=O)c1ccc(NC(=O)CSc2nc(-c3ccc(C)cc3)cs2)cc1. The van der Waals surface area contributed by atoms with E-state index >= 15 is 0 Å². The molecule has 3 rings (SSSR count). The number of esters is 1. The van der Waals surface area contributed by atoms with Crippen LogP contribution in [0.3, 0.4) is 0 Å². The number of hydrogen-bond acceptors (Lipinski definition) is 6. The summed E-state index contributed by atoms with van der Waals surface area (Å²) in [7, 11) is 0. The number of anilines is 1. The highest BCUT2D eigenvalue weighted by Crippen LogP contribution is 2.28. The first-order valence-corrected chi connectivity index (χ1v) is 11.6. The lowest BCUT2D eigenvalue weighted by Gasteiger charge is -2.06. The van der Waals surface area contributed by atoms with Crippen LogP contribution in [-0.4, -0.2) is 29.2 Å². The van der Waals surface area contributed by atoms with Crippen molar-refractivity contribution in [1.29, 1.82) is 0 Å². The fraction of sp³-hybridized carbons (Fsp3) is 0.261. The Balaban J connectivity index is 1.48. The molecule has 0 spiro atoms. The second kappa shape index (κ2) is 10.9. The van der Waals surface area contributed by atoms with E-state index in [1.165, 1.54) is 28.7 Å². The zero-order valence-corrected chi connectivity index (χ0v) is 18.6. The van der Waals surface area contributed by atoms with Gasteiger partial charge in [-0.2, -0.15) is 0 Å². The summed E-state index contributed by atoms with van der Waals surface area (Å²) in [5.74, 6) is -0.197. The van der Waals surface area contributed by atoms with Crippen LogP contribution in [0.15, 0.2) is 58.3 Å². The van der Waals surface area contributed by atoms with Crippen LogP contribution in [0.2, 0.25) is 0 Å². The molecule has 0 bridgehead atoms. The number of nitrogens with zero attached hydrogens (tertiary/aromatic N) is 1. The summed E-state index contributed by atoms with van der Waals surface area (Å²) < 4.78 is 6.03. The molecule has 1 N–H and O–H groups in total. The van der Waals surface area contributed by atoms with Crippen molar-refractivity contribution < 1.29 is 14.3 Å². The number of aryl methyl sites for hydroxylation is 1. The van der Waals surface area contributed by atoms with Crippen molar-refractivity contribution in [3.63, 3.8) is 0 Å². The molecule has 0 atom stereocenters. The van der Waals surface area contributed by atoms with E-state index in [2.05, 4.69) is 41.5 Å². The lowest BCUT2D eigenvalue weighted by atomic mass is 10.1. The number of unbranched alkanes of at least 4 members (excludes halogenated alkanes) is 1. The minimum Gasteiger partial charge on any atom is -0.462 e. The number of rotatable bonds is 9. The van der Waals surface area contributed by atoms with Crippen molar-refractivity contribution in [2.45, 2.75) is 31.0 Å². The van der Waals surface area contributed by atoms with Gasteiger partial charge in [0.1, 0.15) is 0 Å². The average Bonchev–Trinajstić information content (AvgIpc) is 3.22. The third-order valence-electron chi connectivity index (χ3n) is 4.29. The molecule has 1 aromatic heterocycles. The molecule has 7 heteroatoms. The number of benzene rings is 2. The molecule has 0 saturated carbocycles. The number of thiazole rings is 1. The van der Waals surface area contributed by atoms with Gasteiger partial charge in [-0.25, -0.2) is 9.78 Å². The van der Waals surface area contributed by atoms with Gasteiger partial charge in [-0.05, 0) is 37.6 Å². The fourth-order valence-electron chi connectivity index (χ4n) is 2.59. The third-order valence-corrected chi connectivity index (χ3v) is 6.31. The van der Waals surface area contributed by atoms with Crippen LogP contribution >= 0.6 is 23.1 Å². The topological polar surface area (TPSA) is 68.3 Å². The number of thioether (sulfide) groups is 1. The molecule has 0 aliphatic carbocycles. The zero-order chi connectivity index (χ0) is 21.3. The van der Waals surface area contributed by atoms with Gasteiger partial charge >= 0.3 is 5.97 Å². The third kappa shape index (κ3) is 6.43. The Kier molecular flexibility index (Phi) is 8.04. The Morgan fingerprint density at radius 3 is 2.53 bits per heavy atom. The molecule has 0 unspecified atom stereocenters. The molecular formula is C23H24N2O3S2. The lowest BCUT2D eigenvalue weighted by Crippen LogP contribution is -2.14. The number of carbonyl (C=O) groups is 2. The summed E-state index contributed by atoms with van der Waals surface area (Å²) in [4.78, 5) is 28.8. The first kappa shape index (κ1) is 22.1. The van der Waals surface area contributed by atoms with Crippen LogP contribution < -0.4 is 5.32 Å². The number of nitrogens with one attached hydrogen (secondary N) is 1. The van der Waals surface area contributed by atoms with Crippen molar-refractivity contribution in [3.05, 3.63) is 65.0 Å². The summed E-state index contributed by atoms with van der Waals surface area (Å²) in [6.07, 6.45) is 1.83. The molecule has 1 heterocycles. The summed E-state index contributed by atoms with van der Waals surface area (Å²) in [6, 6.07) is 15.0. The smallest absolute Gasteiger partial charge is 0.338 e. The second-order valence-corrected chi connectivity index (χ2v) is 8.85. The van der Waals surface area contributed by atoms with Crippen molar-refractivity contribution in [2.75, 3.05) is 17.7 Å². The molecule has 30 heavy (non-hydrogen) atoms. The molecule has 0 radical (unpaired) electrons. The number of amides is 1. The van der Waals surface area contributed by atoms with E-state index in [-0.39, 0.29) is 17.6 Å². The van der Waals surface area contributed by atoms with Crippen molar-refractivity contribution in [3.8, 4) is 11.3 Å². The first-order chi connectivity index (χ1) is 14.5. The monoisotopic (exact) mass is 440 g/mol. The Morgan fingerprint density at radius 1 is 1.10 bits per heavy atom. The standard InChI is InChI=1S/C23H24N2O3S2/c1-3-4-13-28-22(27)18-9-11-19(12-10-18)24-21(26)15-30-23-25-20(14-29-23)17-7-5-16(2)6-8-17/h5-12,14H,3-4,13,15H2,1-2H3,(H,24,26). The maximum absolute atomic E-state index is 12.2.